The summed E-state index contributed by atoms with van der Waals surface area (Å²) in [7, 11) is 0. The van der Waals surface area contributed by atoms with Crippen LogP contribution in [0.4, 0.5) is 5.69 Å². The van der Waals surface area contributed by atoms with Crippen LogP contribution in [0.2, 0.25) is 0 Å². The molecule has 1 aliphatic carbocycles. The highest BCUT2D eigenvalue weighted by Crippen LogP contribution is 2.48. The minimum Gasteiger partial charge on any atom is -0.481 e. The third kappa shape index (κ3) is 1.26. The van der Waals surface area contributed by atoms with Gasteiger partial charge in [0.1, 0.15) is 0 Å². The van der Waals surface area contributed by atoms with Gasteiger partial charge in [0, 0.05) is 5.69 Å². The topological polar surface area (TPSA) is 66.4 Å². The summed E-state index contributed by atoms with van der Waals surface area (Å²) in [5, 5.41) is 12.2. The van der Waals surface area contributed by atoms with Crippen molar-refractivity contribution in [1.82, 2.24) is 0 Å². The minimum absolute atomic E-state index is 0.194. The molecule has 92 valence electrons. The predicted octanol–water partition coefficient (Wildman–Crippen LogP) is 1.93. The van der Waals surface area contributed by atoms with Crippen LogP contribution in [0.3, 0.4) is 0 Å². The highest BCUT2D eigenvalue weighted by molar-refractivity contribution is 6.08. The highest BCUT2D eigenvalue weighted by Gasteiger charge is 2.54. The SMILES string of the molecule is O=C(O)[C@@H]1CC=CC[C@]12C(=O)Nc1ccccc12. The third-order valence-corrected chi connectivity index (χ3v) is 3.93. The zero-order valence-electron chi connectivity index (χ0n) is 9.72. The Hall–Kier alpha value is -2.10. The Morgan fingerprint density at radius 1 is 1.33 bits per heavy atom. The normalized spacial score (nSPS) is 29.1. The molecule has 0 bridgehead atoms. The molecule has 0 saturated carbocycles. The Bertz CT molecular complexity index is 564. The summed E-state index contributed by atoms with van der Waals surface area (Å²) >= 11 is 0. The third-order valence-electron chi connectivity index (χ3n) is 3.93. The van der Waals surface area contributed by atoms with Gasteiger partial charge in [-0.15, -0.1) is 0 Å². The molecule has 1 heterocycles. The van der Waals surface area contributed by atoms with Crippen molar-refractivity contribution >= 4 is 17.6 Å². The number of anilines is 1. The van der Waals surface area contributed by atoms with Gasteiger partial charge in [0.05, 0.1) is 11.3 Å². The van der Waals surface area contributed by atoms with Gasteiger partial charge in [-0.2, -0.15) is 0 Å². The van der Waals surface area contributed by atoms with Crippen LogP contribution in [-0.4, -0.2) is 17.0 Å². The summed E-state index contributed by atoms with van der Waals surface area (Å²) < 4.78 is 0. The predicted molar refractivity (Wildman–Crippen MR) is 66.2 cm³/mol. The average molecular weight is 243 g/mol. The van der Waals surface area contributed by atoms with Gasteiger partial charge in [-0.25, -0.2) is 0 Å². The van der Waals surface area contributed by atoms with Crippen molar-refractivity contribution in [1.29, 1.82) is 0 Å². The van der Waals surface area contributed by atoms with E-state index in [0.717, 1.165) is 11.3 Å². The van der Waals surface area contributed by atoms with Crippen LogP contribution in [0.25, 0.3) is 0 Å². The van der Waals surface area contributed by atoms with Crippen molar-refractivity contribution in [3.63, 3.8) is 0 Å². The number of carbonyl (C=O) groups excluding carboxylic acids is 1. The maximum absolute atomic E-state index is 12.3. The van der Waals surface area contributed by atoms with Crippen molar-refractivity contribution < 1.29 is 14.7 Å². The van der Waals surface area contributed by atoms with E-state index in [1.165, 1.54) is 0 Å². The summed E-state index contributed by atoms with van der Waals surface area (Å²) in [6.45, 7) is 0. The molecule has 0 saturated heterocycles. The molecule has 2 aliphatic rings. The summed E-state index contributed by atoms with van der Waals surface area (Å²) in [6.07, 6.45) is 4.60. The van der Waals surface area contributed by atoms with E-state index in [-0.39, 0.29) is 5.91 Å². The van der Waals surface area contributed by atoms with E-state index in [1.54, 1.807) is 0 Å². The van der Waals surface area contributed by atoms with Crippen LogP contribution in [0.5, 0.6) is 0 Å². The molecule has 3 rings (SSSR count). The molecule has 0 radical (unpaired) electrons. The number of rotatable bonds is 1. The van der Waals surface area contributed by atoms with Crippen LogP contribution < -0.4 is 5.32 Å². The Balaban J connectivity index is 2.21. The van der Waals surface area contributed by atoms with Gasteiger partial charge in [-0.3, -0.25) is 9.59 Å². The fourth-order valence-electron chi connectivity index (χ4n) is 3.04. The standard InChI is InChI=1S/C14H13NO3/c16-12(17)10-6-3-4-8-14(10)9-5-1-2-7-11(9)15-13(14)18/h1-5,7,10H,6,8H2,(H,15,18)(H,16,17)/t10-,14+/m0/s1. The van der Waals surface area contributed by atoms with Crippen molar-refractivity contribution in [2.45, 2.75) is 18.3 Å². The molecular weight excluding hydrogens is 230 g/mol. The molecule has 1 aromatic rings. The molecule has 0 unspecified atom stereocenters. The Morgan fingerprint density at radius 2 is 2.11 bits per heavy atom. The molecule has 2 N–H and O–H groups in total. The Morgan fingerprint density at radius 3 is 2.89 bits per heavy atom. The number of fused-ring (bicyclic) bond motifs is 2. The molecule has 1 amide bonds. The van der Waals surface area contributed by atoms with E-state index in [2.05, 4.69) is 5.32 Å². The first-order chi connectivity index (χ1) is 8.66. The first kappa shape index (κ1) is 11.0. The van der Waals surface area contributed by atoms with E-state index in [9.17, 15) is 14.7 Å². The summed E-state index contributed by atoms with van der Waals surface area (Å²) in [5.41, 5.74) is 0.618. The maximum Gasteiger partial charge on any atom is 0.308 e. The number of benzene rings is 1. The monoisotopic (exact) mass is 243 g/mol. The zero-order valence-corrected chi connectivity index (χ0v) is 9.72. The maximum atomic E-state index is 12.3. The van der Waals surface area contributed by atoms with Crippen molar-refractivity contribution in [3.8, 4) is 0 Å². The molecule has 0 fully saturated rings. The molecule has 4 heteroatoms. The number of amides is 1. The lowest BCUT2D eigenvalue weighted by Crippen LogP contribution is -2.46. The van der Waals surface area contributed by atoms with E-state index in [1.807, 2.05) is 36.4 Å². The number of hydrogen-bond donors (Lipinski definition) is 2. The van der Waals surface area contributed by atoms with Gasteiger partial charge in [0.25, 0.3) is 0 Å². The van der Waals surface area contributed by atoms with Gasteiger partial charge in [0.2, 0.25) is 5.91 Å². The summed E-state index contributed by atoms with van der Waals surface area (Å²) in [6, 6.07) is 7.35. The number of aliphatic carboxylic acids is 1. The van der Waals surface area contributed by atoms with Crippen LogP contribution in [0, 0.1) is 5.92 Å². The fraction of sp³-hybridized carbons (Fsp3) is 0.286. The van der Waals surface area contributed by atoms with E-state index in [4.69, 9.17) is 0 Å². The molecule has 2 atom stereocenters. The highest BCUT2D eigenvalue weighted by atomic mass is 16.4. The lowest BCUT2D eigenvalue weighted by atomic mass is 9.65. The average Bonchev–Trinajstić information content (AvgIpc) is 2.64. The largest absolute Gasteiger partial charge is 0.481 e. The number of carbonyl (C=O) groups is 2. The number of allylic oxidation sites excluding steroid dienone is 2. The number of para-hydroxylation sites is 1. The van der Waals surface area contributed by atoms with Crippen LogP contribution in [0.15, 0.2) is 36.4 Å². The van der Waals surface area contributed by atoms with Crippen molar-refractivity contribution in [3.05, 3.63) is 42.0 Å². The van der Waals surface area contributed by atoms with Gasteiger partial charge >= 0.3 is 5.97 Å². The smallest absolute Gasteiger partial charge is 0.308 e. The van der Waals surface area contributed by atoms with E-state index in [0.29, 0.717) is 12.8 Å². The Labute approximate surface area is 104 Å². The molecule has 1 aliphatic heterocycles. The molecular formula is C14H13NO3. The number of hydrogen-bond acceptors (Lipinski definition) is 2. The first-order valence-corrected chi connectivity index (χ1v) is 5.95. The molecule has 0 aromatic heterocycles. The Kier molecular flexibility index (Phi) is 2.26. The number of carboxylic acids is 1. The van der Waals surface area contributed by atoms with Crippen LogP contribution in [-0.2, 0) is 15.0 Å². The van der Waals surface area contributed by atoms with Crippen LogP contribution >= 0.6 is 0 Å². The molecule has 1 aromatic carbocycles. The fourth-order valence-corrected chi connectivity index (χ4v) is 3.04. The van der Waals surface area contributed by atoms with Crippen molar-refractivity contribution in [2.24, 2.45) is 5.92 Å². The second-order valence-corrected chi connectivity index (χ2v) is 4.77. The van der Waals surface area contributed by atoms with Crippen molar-refractivity contribution in [2.75, 3.05) is 5.32 Å². The number of nitrogens with one attached hydrogen (secondary N) is 1. The second kappa shape index (κ2) is 3.70. The zero-order chi connectivity index (χ0) is 12.8. The van der Waals surface area contributed by atoms with E-state index >= 15 is 0 Å². The quantitative estimate of drug-likeness (QED) is 0.740. The molecule has 4 nitrogen and oxygen atoms in total. The molecule has 1 spiro atoms. The second-order valence-electron chi connectivity index (χ2n) is 4.77. The lowest BCUT2D eigenvalue weighted by molar-refractivity contribution is -0.147. The summed E-state index contributed by atoms with van der Waals surface area (Å²) in [5.74, 6) is -1.79. The number of carboxylic acid groups (broad SMARTS) is 1. The van der Waals surface area contributed by atoms with Gasteiger partial charge in [0.15, 0.2) is 0 Å². The van der Waals surface area contributed by atoms with Gasteiger partial charge in [-0.05, 0) is 24.5 Å². The molecule has 18 heavy (non-hydrogen) atoms. The van der Waals surface area contributed by atoms with Gasteiger partial charge < -0.3 is 10.4 Å². The summed E-state index contributed by atoms with van der Waals surface area (Å²) in [4.78, 5) is 23.8. The van der Waals surface area contributed by atoms with Crippen LogP contribution in [0.1, 0.15) is 18.4 Å². The minimum atomic E-state index is -0.933. The van der Waals surface area contributed by atoms with E-state index < -0.39 is 17.3 Å². The lowest BCUT2D eigenvalue weighted by Gasteiger charge is -2.34. The van der Waals surface area contributed by atoms with Gasteiger partial charge in [-0.1, -0.05) is 30.4 Å². The first-order valence-electron chi connectivity index (χ1n) is 5.95.